The Labute approximate surface area is 192 Å². The lowest BCUT2D eigenvalue weighted by molar-refractivity contribution is 0.0971. The van der Waals surface area contributed by atoms with Crippen LogP contribution in [0.15, 0.2) is 82.0 Å². The van der Waals surface area contributed by atoms with Crippen molar-refractivity contribution in [2.24, 2.45) is 0 Å². The van der Waals surface area contributed by atoms with Crippen LogP contribution in [0.25, 0.3) is 21.2 Å². The fraction of sp³-hybridized carbons (Fsp3) is 0.115. The highest BCUT2D eigenvalue weighted by atomic mass is 32.1. The molecule has 0 N–H and O–H groups in total. The molecule has 3 heterocycles. The molecule has 162 valence electrons. The number of hydrogen-bond acceptors (Lipinski definition) is 6. The number of benzene rings is 3. The van der Waals surface area contributed by atoms with E-state index >= 15 is 0 Å². The maximum absolute atomic E-state index is 13.7. The smallest absolute Gasteiger partial charge is 0.297 e. The van der Waals surface area contributed by atoms with Gasteiger partial charge in [0.1, 0.15) is 11.3 Å². The zero-order valence-corrected chi connectivity index (χ0v) is 18.5. The van der Waals surface area contributed by atoms with Crippen LogP contribution in [0.1, 0.15) is 34.6 Å². The van der Waals surface area contributed by atoms with E-state index in [1.54, 1.807) is 29.2 Å². The van der Waals surface area contributed by atoms with Crippen LogP contribution in [-0.2, 0) is 0 Å². The summed E-state index contributed by atoms with van der Waals surface area (Å²) in [5.41, 5.74) is 2.06. The number of amides is 1. The molecule has 0 aliphatic carbocycles. The van der Waals surface area contributed by atoms with Gasteiger partial charge in [-0.25, -0.2) is 4.98 Å². The summed E-state index contributed by atoms with van der Waals surface area (Å²) in [6.45, 7) is 2.42. The molecule has 6 rings (SSSR count). The summed E-state index contributed by atoms with van der Waals surface area (Å²) < 4.78 is 12.7. The number of carbonyl (C=O) groups excluding carboxylic acids is 1. The summed E-state index contributed by atoms with van der Waals surface area (Å²) in [4.78, 5) is 33.6. The second-order valence-electron chi connectivity index (χ2n) is 7.72. The Hall–Kier alpha value is -3.97. The Bertz CT molecular complexity index is 1570. The van der Waals surface area contributed by atoms with E-state index in [-0.39, 0.29) is 17.1 Å². The minimum absolute atomic E-state index is 0.0600. The molecule has 7 heteroatoms. The van der Waals surface area contributed by atoms with Gasteiger partial charge in [-0.15, -0.1) is 0 Å². The van der Waals surface area contributed by atoms with Gasteiger partial charge in [-0.3, -0.25) is 14.5 Å². The van der Waals surface area contributed by atoms with Crippen LogP contribution in [0.5, 0.6) is 5.75 Å². The summed E-state index contributed by atoms with van der Waals surface area (Å²) in [6, 6.07) is 21.5. The number of aromatic nitrogens is 1. The van der Waals surface area contributed by atoms with Gasteiger partial charge in [0.05, 0.1) is 33.8 Å². The third-order valence-corrected chi connectivity index (χ3v) is 6.79. The Morgan fingerprint density at radius 1 is 1.03 bits per heavy atom. The van der Waals surface area contributed by atoms with Crippen molar-refractivity contribution in [3.8, 4) is 5.75 Å². The topological polar surface area (TPSA) is 72.6 Å². The number of hydrogen-bond donors (Lipinski definition) is 0. The molecule has 1 aliphatic rings. The molecule has 0 radical (unpaired) electrons. The average Bonchev–Trinajstić information content (AvgIpc) is 3.39. The van der Waals surface area contributed by atoms with Crippen molar-refractivity contribution in [1.82, 2.24) is 4.98 Å². The molecule has 0 fully saturated rings. The summed E-state index contributed by atoms with van der Waals surface area (Å²) in [6.07, 6.45) is 0. The number of anilines is 1. The minimum atomic E-state index is -0.672. The molecule has 1 amide bonds. The summed E-state index contributed by atoms with van der Waals surface area (Å²) >= 11 is 1.41. The van der Waals surface area contributed by atoms with Gasteiger partial charge in [-0.05, 0) is 48.9 Å². The van der Waals surface area contributed by atoms with Crippen LogP contribution < -0.4 is 15.1 Å². The molecule has 5 aromatic rings. The number of thiazole rings is 1. The highest BCUT2D eigenvalue weighted by Crippen LogP contribution is 2.44. The first-order valence-corrected chi connectivity index (χ1v) is 11.4. The SMILES string of the molecule is CCOc1cccc([C@@H]2c3c(oc4ccccc4c3=O)C(=O)N2c2nc3ccccc3s2)c1. The first-order chi connectivity index (χ1) is 16.2. The lowest BCUT2D eigenvalue weighted by atomic mass is 9.98. The van der Waals surface area contributed by atoms with Crippen LogP contribution in [0.4, 0.5) is 5.13 Å². The summed E-state index contributed by atoms with van der Waals surface area (Å²) in [5.74, 6) is 0.355. The largest absolute Gasteiger partial charge is 0.494 e. The standard InChI is InChI=1S/C26H18N2O4S/c1-2-31-16-9-7-8-15(14-16)22-21-23(29)17-10-3-5-12-19(17)32-24(21)25(30)28(22)26-27-18-11-4-6-13-20(18)33-26/h3-14,22H,2H2,1H3/t22-/m1/s1. The average molecular weight is 455 g/mol. The van der Waals surface area contributed by atoms with Gasteiger partial charge < -0.3 is 9.15 Å². The Kier molecular flexibility index (Phi) is 4.52. The van der Waals surface area contributed by atoms with E-state index in [2.05, 4.69) is 0 Å². The predicted octanol–water partition coefficient (Wildman–Crippen LogP) is 5.55. The Morgan fingerprint density at radius 3 is 2.70 bits per heavy atom. The van der Waals surface area contributed by atoms with Crippen LogP contribution in [-0.4, -0.2) is 17.5 Å². The van der Waals surface area contributed by atoms with E-state index < -0.39 is 6.04 Å². The van der Waals surface area contributed by atoms with Gasteiger partial charge in [-0.2, -0.15) is 0 Å². The Morgan fingerprint density at radius 2 is 1.85 bits per heavy atom. The van der Waals surface area contributed by atoms with Crippen molar-refractivity contribution in [3.63, 3.8) is 0 Å². The molecule has 0 spiro atoms. The van der Waals surface area contributed by atoms with Gasteiger partial charge >= 0.3 is 0 Å². The lowest BCUT2D eigenvalue weighted by Crippen LogP contribution is -2.29. The van der Waals surface area contributed by atoms with Crippen LogP contribution in [0.2, 0.25) is 0 Å². The van der Waals surface area contributed by atoms with Crippen LogP contribution in [0.3, 0.4) is 0 Å². The zero-order chi connectivity index (χ0) is 22.5. The fourth-order valence-corrected chi connectivity index (χ4v) is 5.33. The second kappa shape index (κ2) is 7.56. The highest BCUT2D eigenvalue weighted by Gasteiger charge is 2.45. The van der Waals surface area contributed by atoms with Crippen molar-refractivity contribution in [1.29, 1.82) is 0 Å². The first kappa shape index (κ1) is 19.7. The van der Waals surface area contributed by atoms with Gasteiger partial charge in [0.25, 0.3) is 5.91 Å². The maximum Gasteiger partial charge on any atom is 0.297 e. The van der Waals surface area contributed by atoms with Gasteiger partial charge in [-0.1, -0.05) is 47.7 Å². The molecule has 1 atom stereocenters. The van der Waals surface area contributed by atoms with Crippen LogP contribution in [0, 0.1) is 0 Å². The van der Waals surface area contributed by atoms with E-state index in [0.717, 1.165) is 15.8 Å². The van der Waals surface area contributed by atoms with E-state index in [1.807, 2.05) is 55.5 Å². The van der Waals surface area contributed by atoms with Crippen molar-refractivity contribution in [3.05, 3.63) is 99.9 Å². The molecule has 6 nitrogen and oxygen atoms in total. The third kappa shape index (κ3) is 3.04. The molecule has 0 bridgehead atoms. The molecule has 3 aromatic carbocycles. The maximum atomic E-state index is 13.7. The molecular formula is C26H18N2O4S. The second-order valence-corrected chi connectivity index (χ2v) is 8.73. The number of carbonyl (C=O) groups is 1. The number of ether oxygens (including phenoxy) is 1. The fourth-order valence-electron chi connectivity index (χ4n) is 4.34. The molecule has 33 heavy (non-hydrogen) atoms. The monoisotopic (exact) mass is 454 g/mol. The molecule has 0 unspecified atom stereocenters. The van der Waals surface area contributed by atoms with Crippen molar-refractivity contribution < 1.29 is 13.9 Å². The Balaban J connectivity index is 1.63. The van der Waals surface area contributed by atoms with E-state index in [4.69, 9.17) is 14.1 Å². The van der Waals surface area contributed by atoms with Crippen molar-refractivity contribution in [2.45, 2.75) is 13.0 Å². The zero-order valence-electron chi connectivity index (χ0n) is 17.6. The highest BCUT2D eigenvalue weighted by molar-refractivity contribution is 7.22. The van der Waals surface area contributed by atoms with Crippen molar-refractivity contribution in [2.75, 3.05) is 11.5 Å². The lowest BCUT2D eigenvalue weighted by Gasteiger charge is -2.23. The molecule has 0 saturated carbocycles. The number of para-hydroxylation sites is 2. The van der Waals surface area contributed by atoms with Gasteiger partial charge in [0.15, 0.2) is 10.6 Å². The number of rotatable bonds is 4. The summed E-state index contributed by atoms with van der Waals surface area (Å²) in [5, 5.41) is 0.962. The molecule has 1 aliphatic heterocycles. The molecular weight excluding hydrogens is 436 g/mol. The predicted molar refractivity (Wildman–Crippen MR) is 128 cm³/mol. The van der Waals surface area contributed by atoms with Crippen LogP contribution >= 0.6 is 11.3 Å². The molecule has 2 aromatic heterocycles. The van der Waals surface area contributed by atoms with Crippen molar-refractivity contribution >= 4 is 43.6 Å². The van der Waals surface area contributed by atoms with E-state index in [1.165, 1.54) is 11.3 Å². The number of fused-ring (bicyclic) bond motifs is 3. The number of nitrogens with zero attached hydrogens (tertiary/aromatic N) is 2. The van der Waals surface area contributed by atoms with Gasteiger partial charge in [0, 0.05) is 0 Å². The minimum Gasteiger partial charge on any atom is -0.494 e. The quantitative estimate of drug-likeness (QED) is 0.356. The molecule has 0 saturated heterocycles. The first-order valence-electron chi connectivity index (χ1n) is 10.6. The third-order valence-electron chi connectivity index (χ3n) is 5.75. The van der Waals surface area contributed by atoms with E-state index in [9.17, 15) is 9.59 Å². The van der Waals surface area contributed by atoms with Gasteiger partial charge in [0.2, 0.25) is 5.76 Å². The van der Waals surface area contributed by atoms with E-state index in [0.29, 0.717) is 34.0 Å². The normalized spacial score (nSPS) is 15.4. The summed E-state index contributed by atoms with van der Waals surface area (Å²) in [7, 11) is 0.